The third-order valence-corrected chi connectivity index (χ3v) is 3.87. The van der Waals surface area contributed by atoms with Crippen LogP contribution in [0.25, 0.3) is 0 Å². The van der Waals surface area contributed by atoms with E-state index >= 15 is 0 Å². The number of amides is 1. The van der Waals surface area contributed by atoms with E-state index in [9.17, 15) is 4.79 Å². The van der Waals surface area contributed by atoms with E-state index in [1.807, 2.05) is 34.9 Å². The molecular formula is C18H29N3O2. The summed E-state index contributed by atoms with van der Waals surface area (Å²) in [6.07, 6.45) is 0.606. The van der Waals surface area contributed by atoms with Gasteiger partial charge in [0.25, 0.3) is 0 Å². The maximum Gasteiger partial charge on any atom is 0.407 e. The smallest absolute Gasteiger partial charge is 0.407 e. The molecule has 1 saturated carbocycles. The molecule has 3 unspecified atom stereocenters. The Morgan fingerprint density at radius 2 is 1.83 bits per heavy atom. The SMILES string of the molecule is CC(NC1CC1NC(=O)OC(C)(C)C)c1ccc(N(C)C)cc1. The second kappa shape index (κ2) is 6.79. The summed E-state index contributed by atoms with van der Waals surface area (Å²) in [6.45, 7) is 7.76. The number of alkyl carbamates (subject to hydrolysis) is 1. The number of carbonyl (C=O) groups is 1. The Hall–Kier alpha value is -1.75. The molecule has 0 bridgehead atoms. The fourth-order valence-corrected chi connectivity index (χ4v) is 2.48. The van der Waals surface area contributed by atoms with E-state index in [2.05, 4.69) is 46.7 Å². The highest BCUT2D eigenvalue weighted by Gasteiger charge is 2.40. The van der Waals surface area contributed by atoms with Crippen LogP contribution in [0.1, 0.15) is 45.7 Å². The maximum atomic E-state index is 11.7. The highest BCUT2D eigenvalue weighted by Crippen LogP contribution is 2.26. The molecular weight excluding hydrogens is 290 g/mol. The van der Waals surface area contributed by atoms with E-state index in [0.717, 1.165) is 6.42 Å². The molecule has 5 heteroatoms. The van der Waals surface area contributed by atoms with Gasteiger partial charge in [-0.05, 0) is 51.8 Å². The molecule has 0 spiro atoms. The largest absolute Gasteiger partial charge is 0.444 e. The molecule has 0 aliphatic heterocycles. The van der Waals surface area contributed by atoms with E-state index in [1.165, 1.54) is 11.3 Å². The summed E-state index contributed by atoms with van der Waals surface area (Å²) in [6, 6.07) is 9.26. The Bertz CT molecular complexity index is 534. The predicted molar refractivity (Wildman–Crippen MR) is 93.9 cm³/mol. The standard InChI is InChI=1S/C18H29N3O2/c1-12(13-7-9-14(10-8-13)21(5)6)19-15-11-16(15)20-17(22)23-18(2,3)4/h7-10,12,15-16,19H,11H2,1-6H3,(H,20,22). The van der Waals surface area contributed by atoms with Gasteiger partial charge >= 0.3 is 6.09 Å². The molecule has 1 aliphatic rings. The first kappa shape index (κ1) is 17.6. The Labute approximate surface area is 139 Å². The Kier molecular flexibility index (Phi) is 5.19. The maximum absolute atomic E-state index is 11.7. The van der Waals surface area contributed by atoms with Gasteiger partial charge in [0.05, 0.1) is 0 Å². The molecule has 0 saturated heterocycles. The first-order valence-corrected chi connectivity index (χ1v) is 8.18. The van der Waals surface area contributed by atoms with Gasteiger partial charge in [0.2, 0.25) is 0 Å². The molecule has 1 amide bonds. The summed E-state index contributed by atoms with van der Waals surface area (Å²) in [4.78, 5) is 13.8. The molecule has 0 radical (unpaired) electrons. The fraction of sp³-hybridized carbons (Fsp3) is 0.611. The van der Waals surface area contributed by atoms with Crippen LogP contribution in [0.3, 0.4) is 0 Å². The van der Waals surface area contributed by atoms with Gasteiger partial charge in [-0.1, -0.05) is 12.1 Å². The number of nitrogens with one attached hydrogen (secondary N) is 2. The van der Waals surface area contributed by atoms with Crippen molar-refractivity contribution in [2.75, 3.05) is 19.0 Å². The van der Waals surface area contributed by atoms with Gasteiger partial charge in [-0.3, -0.25) is 0 Å². The van der Waals surface area contributed by atoms with Crippen LogP contribution in [-0.2, 0) is 4.74 Å². The summed E-state index contributed by atoms with van der Waals surface area (Å²) in [5, 5.41) is 6.46. The summed E-state index contributed by atoms with van der Waals surface area (Å²) >= 11 is 0. The van der Waals surface area contributed by atoms with Crippen LogP contribution in [0, 0.1) is 0 Å². The molecule has 0 aromatic heterocycles. The number of rotatable bonds is 5. The van der Waals surface area contributed by atoms with Gasteiger partial charge < -0.3 is 20.3 Å². The summed E-state index contributed by atoms with van der Waals surface area (Å²) in [5.41, 5.74) is 1.99. The highest BCUT2D eigenvalue weighted by molar-refractivity contribution is 5.68. The van der Waals surface area contributed by atoms with Gasteiger partial charge in [0.15, 0.2) is 0 Å². The lowest BCUT2D eigenvalue weighted by atomic mass is 10.1. The van der Waals surface area contributed by atoms with E-state index in [1.54, 1.807) is 0 Å². The minimum Gasteiger partial charge on any atom is -0.444 e. The third-order valence-electron chi connectivity index (χ3n) is 3.87. The lowest BCUT2D eigenvalue weighted by Crippen LogP contribution is -2.37. The summed E-state index contributed by atoms with van der Waals surface area (Å²) in [5.74, 6) is 0. The number of carbonyl (C=O) groups excluding carboxylic acids is 1. The minimum absolute atomic E-state index is 0.161. The van der Waals surface area contributed by atoms with Crippen molar-refractivity contribution in [2.24, 2.45) is 0 Å². The fourth-order valence-electron chi connectivity index (χ4n) is 2.48. The molecule has 23 heavy (non-hydrogen) atoms. The molecule has 1 aliphatic carbocycles. The van der Waals surface area contributed by atoms with Crippen molar-refractivity contribution in [2.45, 2.75) is 57.8 Å². The van der Waals surface area contributed by atoms with Gasteiger partial charge in [0.1, 0.15) is 5.60 Å². The van der Waals surface area contributed by atoms with Crippen LogP contribution in [0.5, 0.6) is 0 Å². The van der Waals surface area contributed by atoms with E-state index in [-0.39, 0.29) is 18.2 Å². The van der Waals surface area contributed by atoms with Gasteiger partial charge in [-0.15, -0.1) is 0 Å². The van der Waals surface area contributed by atoms with Gasteiger partial charge in [-0.25, -0.2) is 4.79 Å². The molecule has 2 N–H and O–H groups in total. The molecule has 1 aromatic rings. The second-order valence-corrected chi connectivity index (χ2v) is 7.47. The zero-order valence-corrected chi connectivity index (χ0v) is 15.0. The molecule has 2 rings (SSSR count). The van der Waals surface area contributed by atoms with E-state index in [4.69, 9.17) is 4.74 Å². The Balaban J connectivity index is 1.79. The lowest BCUT2D eigenvalue weighted by molar-refractivity contribution is 0.0522. The number of hydrogen-bond donors (Lipinski definition) is 2. The topological polar surface area (TPSA) is 53.6 Å². The van der Waals surface area contributed by atoms with Crippen LogP contribution in [0.4, 0.5) is 10.5 Å². The van der Waals surface area contributed by atoms with Crippen molar-refractivity contribution >= 4 is 11.8 Å². The quantitative estimate of drug-likeness (QED) is 0.876. The molecule has 128 valence electrons. The molecule has 5 nitrogen and oxygen atoms in total. The van der Waals surface area contributed by atoms with Crippen molar-refractivity contribution in [1.82, 2.24) is 10.6 Å². The number of nitrogens with zero attached hydrogens (tertiary/aromatic N) is 1. The van der Waals surface area contributed by atoms with E-state index in [0.29, 0.717) is 6.04 Å². The minimum atomic E-state index is -0.455. The van der Waals surface area contributed by atoms with Crippen LogP contribution in [0.15, 0.2) is 24.3 Å². The number of ether oxygens (including phenoxy) is 1. The second-order valence-electron chi connectivity index (χ2n) is 7.47. The highest BCUT2D eigenvalue weighted by atomic mass is 16.6. The molecule has 1 aromatic carbocycles. The zero-order chi connectivity index (χ0) is 17.2. The number of hydrogen-bond acceptors (Lipinski definition) is 4. The van der Waals surface area contributed by atoms with Crippen molar-refractivity contribution in [1.29, 1.82) is 0 Å². The summed E-state index contributed by atoms with van der Waals surface area (Å²) in [7, 11) is 4.07. The first-order chi connectivity index (χ1) is 10.7. The van der Waals surface area contributed by atoms with Crippen LogP contribution in [0.2, 0.25) is 0 Å². The van der Waals surface area contributed by atoms with Crippen molar-refractivity contribution in [3.63, 3.8) is 0 Å². The monoisotopic (exact) mass is 319 g/mol. The predicted octanol–water partition coefficient (Wildman–Crippen LogP) is 3.07. The summed E-state index contributed by atoms with van der Waals surface area (Å²) < 4.78 is 5.28. The van der Waals surface area contributed by atoms with Crippen LogP contribution >= 0.6 is 0 Å². The molecule has 1 fully saturated rings. The Morgan fingerprint density at radius 1 is 1.22 bits per heavy atom. The lowest BCUT2D eigenvalue weighted by Gasteiger charge is -2.20. The van der Waals surface area contributed by atoms with Gasteiger partial charge in [0, 0.05) is 37.9 Å². The van der Waals surface area contributed by atoms with Crippen molar-refractivity contribution in [3.8, 4) is 0 Å². The van der Waals surface area contributed by atoms with E-state index < -0.39 is 5.60 Å². The third kappa shape index (κ3) is 5.43. The van der Waals surface area contributed by atoms with Gasteiger partial charge in [-0.2, -0.15) is 0 Å². The van der Waals surface area contributed by atoms with Crippen LogP contribution in [-0.4, -0.2) is 37.9 Å². The van der Waals surface area contributed by atoms with Crippen LogP contribution < -0.4 is 15.5 Å². The Morgan fingerprint density at radius 3 is 2.35 bits per heavy atom. The number of benzene rings is 1. The molecule has 0 heterocycles. The first-order valence-electron chi connectivity index (χ1n) is 8.18. The van der Waals surface area contributed by atoms with Crippen molar-refractivity contribution < 1.29 is 9.53 Å². The van der Waals surface area contributed by atoms with Crippen molar-refractivity contribution in [3.05, 3.63) is 29.8 Å². The zero-order valence-electron chi connectivity index (χ0n) is 15.0. The molecule has 3 atom stereocenters. The average Bonchev–Trinajstić information content (AvgIpc) is 3.14. The number of anilines is 1. The average molecular weight is 319 g/mol. The normalized spacial score (nSPS) is 21.5.